The van der Waals surface area contributed by atoms with Gasteiger partial charge in [0.25, 0.3) is 11.8 Å². The lowest BCUT2D eigenvalue weighted by Crippen LogP contribution is -2.38. The van der Waals surface area contributed by atoms with Crippen molar-refractivity contribution in [2.75, 3.05) is 6.54 Å². The van der Waals surface area contributed by atoms with Crippen molar-refractivity contribution in [1.82, 2.24) is 18.8 Å². The molecule has 0 aliphatic carbocycles. The number of carbonyl (C=O) groups excluding carboxylic acids is 2. The molecule has 3 aromatic carbocycles. The van der Waals surface area contributed by atoms with Crippen LogP contribution in [0.25, 0.3) is 11.4 Å². The standard InChI is InChI=1S/C24H18N4O4/c29-21-19-13-7-8-14-20(19)22(30)25(21)15-16-26-23(31)27(17-9-3-1-4-10-17)28(24(26)32)18-11-5-2-6-12-18/h1-14H,15-16H2. The molecule has 0 radical (unpaired) electrons. The molecule has 158 valence electrons. The molecule has 0 N–H and O–H groups in total. The van der Waals surface area contributed by atoms with E-state index < -0.39 is 23.2 Å². The summed E-state index contributed by atoms with van der Waals surface area (Å²) in [6.07, 6.45) is 0. The Balaban J connectivity index is 1.56. The molecule has 8 heteroatoms. The maximum atomic E-state index is 13.3. The smallest absolute Gasteiger partial charge is 0.273 e. The Morgan fingerprint density at radius 3 is 1.34 bits per heavy atom. The number of rotatable bonds is 5. The lowest BCUT2D eigenvalue weighted by Gasteiger charge is -2.13. The second kappa shape index (κ2) is 7.66. The van der Waals surface area contributed by atoms with Gasteiger partial charge in [0, 0.05) is 6.54 Å². The molecule has 2 heterocycles. The van der Waals surface area contributed by atoms with Crippen LogP contribution in [0.4, 0.5) is 0 Å². The predicted molar refractivity (Wildman–Crippen MR) is 117 cm³/mol. The van der Waals surface area contributed by atoms with Crippen molar-refractivity contribution in [2.24, 2.45) is 0 Å². The minimum atomic E-state index is -0.554. The minimum Gasteiger partial charge on any atom is -0.273 e. The van der Waals surface area contributed by atoms with E-state index in [9.17, 15) is 19.2 Å². The molecule has 1 aromatic heterocycles. The molecular weight excluding hydrogens is 408 g/mol. The van der Waals surface area contributed by atoms with Gasteiger partial charge >= 0.3 is 11.4 Å². The van der Waals surface area contributed by atoms with Gasteiger partial charge in [-0.1, -0.05) is 48.5 Å². The average Bonchev–Trinajstić information content (AvgIpc) is 3.23. The van der Waals surface area contributed by atoms with Gasteiger partial charge in [0.05, 0.1) is 29.0 Å². The fourth-order valence-electron chi connectivity index (χ4n) is 3.91. The molecule has 0 atom stereocenters. The van der Waals surface area contributed by atoms with Gasteiger partial charge in [0.2, 0.25) is 0 Å². The number of hydrogen-bond donors (Lipinski definition) is 0. The third-order valence-electron chi connectivity index (χ3n) is 5.45. The zero-order valence-electron chi connectivity index (χ0n) is 16.9. The Bertz CT molecular complexity index is 1340. The average molecular weight is 426 g/mol. The van der Waals surface area contributed by atoms with Crippen molar-refractivity contribution < 1.29 is 9.59 Å². The van der Waals surface area contributed by atoms with E-state index in [1.165, 1.54) is 9.36 Å². The van der Waals surface area contributed by atoms with Crippen LogP contribution in [0, 0.1) is 0 Å². The number of imide groups is 1. The molecule has 32 heavy (non-hydrogen) atoms. The lowest BCUT2D eigenvalue weighted by atomic mass is 10.1. The maximum absolute atomic E-state index is 13.3. The molecule has 0 spiro atoms. The van der Waals surface area contributed by atoms with E-state index in [0.29, 0.717) is 22.5 Å². The SMILES string of the molecule is O=C1c2ccccc2C(=O)N1CCn1c(=O)n(-c2ccccc2)n(-c2ccccc2)c1=O. The zero-order valence-corrected chi connectivity index (χ0v) is 16.9. The van der Waals surface area contributed by atoms with Gasteiger partial charge in [0.15, 0.2) is 0 Å². The van der Waals surface area contributed by atoms with E-state index in [1.54, 1.807) is 72.8 Å². The van der Waals surface area contributed by atoms with E-state index in [-0.39, 0.29) is 13.1 Å². The molecule has 0 bridgehead atoms. The highest BCUT2D eigenvalue weighted by molar-refractivity contribution is 6.21. The third-order valence-corrected chi connectivity index (χ3v) is 5.45. The number of hydrogen-bond acceptors (Lipinski definition) is 4. The summed E-state index contributed by atoms with van der Waals surface area (Å²) in [5.74, 6) is -0.853. The van der Waals surface area contributed by atoms with Gasteiger partial charge in [-0.2, -0.15) is 9.36 Å². The van der Waals surface area contributed by atoms with Crippen molar-refractivity contribution in [2.45, 2.75) is 6.54 Å². The first-order chi connectivity index (χ1) is 15.6. The van der Waals surface area contributed by atoms with Crippen LogP contribution in [0.3, 0.4) is 0 Å². The molecule has 1 aliphatic heterocycles. The summed E-state index contributed by atoms with van der Waals surface area (Å²) in [5, 5.41) is 0. The number of aromatic nitrogens is 3. The summed E-state index contributed by atoms with van der Waals surface area (Å²) in [5.41, 5.74) is 0.598. The first kappa shape index (κ1) is 19.5. The van der Waals surface area contributed by atoms with Crippen LogP contribution in [-0.2, 0) is 6.54 Å². The Morgan fingerprint density at radius 2 is 0.906 bits per heavy atom. The van der Waals surface area contributed by atoms with Gasteiger partial charge in [-0.15, -0.1) is 0 Å². The topological polar surface area (TPSA) is 86.3 Å². The first-order valence-electron chi connectivity index (χ1n) is 10.1. The van der Waals surface area contributed by atoms with Gasteiger partial charge in [0.1, 0.15) is 0 Å². The van der Waals surface area contributed by atoms with E-state index in [2.05, 4.69) is 0 Å². The van der Waals surface area contributed by atoms with Gasteiger partial charge in [-0.3, -0.25) is 14.5 Å². The highest BCUT2D eigenvalue weighted by Crippen LogP contribution is 2.22. The Labute approximate surface area is 182 Å². The molecule has 0 saturated carbocycles. The van der Waals surface area contributed by atoms with Crippen LogP contribution < -0.4 is 11.4 Å². The van der Waals surface area contributed by atoms with E-state index >= 15 is 0 Å². The fraction of sp³-hybridized carbons (Fsp3) is 0.0833. The van der Waals surface area contributed by atoms with Crippen molar-refractivity contribution in [3.8, 4) is 11.4 Å². The maximum Gasteiger partial charge on any atom is 0.352 e. The second-order valence-corrected chi connectivity index (χ2v) is 7.32. The minimum absolute atomic E-state index is 0.0882. The van der Waals surface area contributed by atoms with Crippen LogP contribution >= 0.6 is 0 Å². The predicted octanol–water partition coefficient (Wildman–Crippen LogP) is 2.09. The summed E-state index contributed by atoms with van der Waals surface area (Å²) in [7, 11) is 0. The van der Waals surface area contributed by atoms with Crippen molar-refractivity contribution in [3.05, 3.63) is 117 Å². The van der Waals surface area contributed by atoms with Crippen LogP contribution in [0.15, 0.2) is 94.5 Å². The Hall–Kier alpha value is -4.46. The fourth-order valence-corrected chi connectivity index (χ4v) is 3.91. The number of nitrogens with zero attached hydrogens (tertiary/aromatic N) is 4. The number of fused-ring (bicyclic) bond motifs is 1. The second-order valence-electron chi connectivity index (χ2n) is 7.32. The lowest BCUT2D eigenvalue weighted by molar-refractivity contribution is 0.0648. The van der Waals surface area contributed by atoms with Crippen LogP contribution in [0.5, 0.6) is 0 Å². The van der Waals surface area contributed by atoms with Crippen LogP contribution in [0.1, 0.15) is 20.7 Å². The summed E-state index contributed by atoms with van der Waals surface area (Å²) >= 11 is 0. The van der Waals surface area contributed by atoms with Gasteiger partial charge < -0.3 is 0 Å². The van der Waals surface area contributed by atoms with Gasteiger partial charge in [-0.05, 0) is 36.4 Å². The summed E-state index contributed by atoms with van der Waals surface area (Å²) in [6.45, 7) is -0.203. The summed E-state index contributed by atoms with van der Waals surface area (Å²) in [4.78, 5) is 52.9. The van der Waals surface area contributed by atoms with E-state index in [0.717, 1.165) is 9.47 Å². The van der Waals surface area contributed by atoms with E-state index in [1.807, 2.05) is 12.1 Å². The molecule has 8 nitrogen and oxygen atoms in total. The number of para-hydroxylation sites is 2. The molecule has 1 aliphatic rings. The molecule has 0 fully saturated rings. The van der Waals surface area contributed by atoms with Crippen molar-refractivity contribution in [3.63, 3.8) is 0 Å². The highest BCUT2D eigenvalue weighted by Gasteiger charge is 2.35. The zero-order chi connectivity index (χ0) is 22.2. The largest absolute Gasteiger partial charge is 0.352 e. The molecular formula is C24H18N4O4. The van der Waals surface area contributed by atoms with E-state index in [4.69, 9.17) is 0 Å². The van der Waals surface area contributed by atoms with Crippen molar-refractivity contribution in [1.29, 1.82) is 0 Å². The van der Waals surface area contributed by atoms with Crippen LogP contribution in [-0.4, -0.2) is 37.2 Å². The molecule has 2 amide bonds. The van der Waals surface area contributed by atoms with Gasteiger partial charge in [-0.25, -0.2) is 14.2 Å². The number of carbonyl (C=O) groups is 2. The Kier molecular flexibility index (Phi) is 4.67. The highest BCUT2D eigenvalue weighted by atomic mass is 16.2. The Morgan fingerprint density at radius 1 is 0.500 bits per heavy atom. The van der Waals surface area contributed by atoms with Crippen LogP contribution in [0.2, 0.25) is 0 Å². The quantitative estimate of drug-likeness (QED) is 0.458. The number of amides is 2. The van der Waals surface area contributed by atoms with Crippen molar-refractivity contribution >= 4 is 11.8 Å². The third kappa shape index (κ3) is 3.01. The summed E-state index contributed by atoms with van der Waals surface area (Å²) < 4.78 is 3.63. The first-order valence-corrected chi connectivity index (χ1v) is 10.1. The summed E-state index contributed by atoms with van der Waals surface area (Å²) in [6, 6.07) is 24.2. The molecule has 4 aromatic rings. The normalized spacial score (nSPS) is 12.9. The monoisotopic (exact) mass is 426 g/mol. The molecule has 0 saturated heterocycles. The molecule has 0 unspecified atom stereocenters. The number of benzene rings is 3. The molecule has 5 rings (SSSR count).